The monoisotopic (exact) mass is 221 g/mol. The number of carboxylic acid groups (broad SMARTS) is 1. The van der Waals surface area contributed by atoms with Gasteiger partial charge in [-0.25, -0.2) is 9.78 Å². The molecule has 0 bridgehead atoms. The summed E-state index contributed by atoms with van der Waals surface area (Å²) in [6.07, 6.45) is 2.79. The zero-order chi connectivity index (χ0) is 11.7. The Morgan fingerprint density at radius 2 is 2.25 bits per heavy atom. The summed E-state index contributed by atoms with van der Waals surface area (Å²) in [6.45, 7) is 2.13. The van der Waals surface area contributed by atoms with E-state index in [9.17, 15) is 4.79 Å². The average molecular weight is 221 g/mol. The molecular formula is C9H11N5O2. The molecule has 16 heavy (non-hydrogen) atoms. The van der Waals surface area contributed by atoms with Gasteiger partial charge in [-0.3, -0.25) is 9.36 Å². The number of nitrogens with zero attached hydrogens (tertiary/aromatic N) is 5. The minimum atomic E-state index is -0.971. The van der Waals surface area contributed by atoms with Crippen LogP contribution >= 0.6 is 0 Å². The second-order valence-corrected chi connectivity index (χ2v) is 3.41. The number of rotatable bonds is 3. The normalized spacial score (nSPS) is 10.6. The largest absolute Gasteiger partial charge is 0.478 e. The molecule has 0 aliphatic rings. The lowest BCUT2D eigenvalue weighted by atomic mass is 10.3. The maximum absolute atomic E-state index is 10.8. The molecule has 0 fully saturated rings. The van der Waals surface area contributed by atoms with Crippen molar-refractivity contribution in [1.29, 1.82) is 0 Å². The van der Waals surface area contributed by atoms with Gasteiger partial charge in [-0.1, -0.05) is 0 Å². The quantitative estimate of drug-likeness (QED) is 0.792. The Balaban J connectivity index is 2.29. The summed E-state index contributed by atoms with van der Waals surface area (Å²) in [5.41, 5.74) is 0.817. The molecule has 1 N–H and O–H groups in total. The maximum atomic E-state index is 10.8. The van der Waals surface area contributed by atoms with Gasteiger partial charge in [0.25, 0.3) is 0 Å². The lowest BCUT2D eigenvalue weighted by Crippen LogP contribution is -2.10. The molecule has 0 aromatic carbocycles. The molecule has 0 saturated carbocycles. The Labute approximate surface area is 91.3 Å². The molecule has 7 nitrogen and oxygen atoms in total. The van der Waals surface area contributed by atoms with E-state index >= 15 is 0 Å². The number of aromatic carboxylic acids is 1. The van der Waals surface area contributed by atoms with Crippen LogP contribution < -0.4 is 0 Å². The van der Waals surface area contributed by atoms with Gasteiger partial charge in [0.2, 0.25) is 0 Å². The Morgan fingerprint density at radius 1 is 1.50 bits per heavy atom. The molecular weight excluding hydrogens is 210 g/mol. The Kier molecular flexibility index (Phi) is 2.43. The van der Waals surface area contributed by atoms with Crippen LogP contribution in [0.25, 0.3) is 0 Å². The van der Waals surface area contributed by atoms with E-state index in [2.05, 4.69) is 15.2 Å². The van der Waals surface area contributed by atoms with E-state index in [1.54, 1.807) is 23.3 Å². The Bertz CT molecular complexity index is 528. The number of hydrogen-bond donors (Lipinski definition) is 1. The van der Waals surface area contributed by atoms with Gasteiger partial charge < -0.3 is 5.11 Å². The van der Waals surface area contributed by atoms with Crippen LogP contribution in [-0.2, 0) is 13.6 Å². The van der Waals surface area contributed by atoms with Gasteiger partial charge in [0, 0.05) is 7.05 Å². The third-order valence-electron chi connectivity index (χ3n) is 2.43. The molecule has 0 spiro atoms. The first-order chi connectivity index (χ1) is 7.59. The van der Waals surface area contributed by atoms with Gasteiger partial charge in [0.05, 0.1) is 11.9 Å². The number of carboxylic acids is 1. The van der Waals surface area contributed by atoms with Crippen LogP contribution in [-0.4, -0.2) is 35.6 Å². The molecule has 7 heteroatoms. The van der Waals surface area contributed by atoms with Gasteiger partial charge in [-0.05, 0) is 6.92 Å². The fourth-order valence-corrected chi connectivity index (χ4v) is 1.41. The molecule has 0 amide bonds. The summed E-state index contributed by atoms with van der Waals surface area (Å²) >= 11 is 0. The topological polar surface area (TPSA) is 85.8 Å². The number of hydrogen-bond acceptors (Lipinski definition) is 4. The van der Waals surface area contributed by atoms with Crippen molar-refractivity contribution in [1.82, 2.24) is 24.5 Å². The molecule has 0 aliphatic heterocycles. The highest BCUT2D eigenvalue weighted by molar-refractivity contribution is 5.88. The summed E-state index contributed by atoms with van der Waals surface area (Å²) in [6, 6.07) is 0. The number of aryl methyl sites for hydroxylation is 1. The third kappa shape index (κ3) is 1.67. The summed E-state index contributed by atoms with van der Waals surface area (Å²) in [5.74, 6) is -0.246. The number of aromatic nitrogens is 5. The minimum Gasteiger partial charge on any atom is -0.478 e. The molecule has 0 aliphatic carbocycles. The summed E-state index contributed by atoms with van der Waals surface area (Å²) in [4.78, 5) is 14.9. The van der Waals surface area contributed by atoms with Crippen molar-refractivity contribution in [3.05, 3.63) is 29.6 Å². The van der Waals surface area contributed by atoms with Gasteiger partial charge in [-0.15, -0.1) is 0 Å². The zero-order valence-corrected chi connectivity index (χ0v) is 8.95. The van der Waals surface area contributed by atoms with Crippen molar-refractivity contribution in [3.63, 3.8) is 0 Å². The summed E-state index contributed by atoms with van der Waals surface area (Å²) < 4.78 is 3.22. The average Bonchev–Trinajstić information content (AvgIpc) is 2.76. The zero-order valence-electron chi connectivity index (χ0n) is 8.95. The summed E-state index contributed by atoms with van der Waals surface area (Å²) in [7, 11) is 1.78. The fourth-order valence-electron chi connectivity index (χ4n) is 1.41. The highest BCUT2D eigenvalue weighted by Crippen LogP contribution is 2.08. The second-order valence-electron chi connectivity index (χ2n) is 3.41. The molecule has 2 heterocycles. The Morgan fingerprint density at radius 3 is 2.75 bits per heavy atom. The molecule has 2 rings (SSSR count). The van der Waals surface area contributed by atoms with Gasteiger partial charge >= 0.3 is 5.97 Å². The van der Waals surface area contributed by atoms with Crippen LogP contribution in [0.5, 0.6) is 0 Å². The van der Waals surface area contributed by atoms with Crippen LogP contribution in [0.3, 0.4) is 0 Å². The first-order valence-corrected chi connectivity index (χ1v) is 4.68. The maximum Gasteiger partial charge on any atom is 0.339 e. The van der Waals surface area contributed by atoms with Crippen LogP contribution in [0.2, 0.25) is 0 Å². The summed E-state index contributed by atoms with van der Waals surface area (Å²) in [5, 5.41) is 16.8. The van der Waals surface area contributed by atoms with E-state index in [1.807, 2.05) is 0 Å². The highest BCUT2D eigenvalue weighted by atomic mass is 16.4. The van der Waals surface area contributed by atoms with Crippen molar-refractivity contribution >= 4 is 5.97 Å². The van der Waals surface area contributed by atoms with Crippen LogP contribution in [0, 0.1) is 6.92 Å². The molecule has 2 aromatic rings. The van der Waals surface area contributed by atoms with Gasteiger partial charge in [-0.2, -0.15) is 10.2 Å². The smallest absolute Gasteiger partial charge is 0.339 e. The van der Waals surface area contributed by atoms with Crippen LogP contribution in [0.4, 0.5) is 0 Å². The van der Waals surface area contributed by atoms with Crippen molar-refractivity contribution in [2.75, 3.05) is 0 Å². The van der Waals surface area contributed by atoms with E-state index in [-0.39, 0.29) is 5.56 Å². The second kappa shape index (κ2) is 3.76. The molecule has 0 radical (unpaired) electrons. The van der Waals surface area contributed by atoms with Crippen molar-refractivity contribution in [2.24, 2.45) is 7.05 Å². The van der Waals surface area contributed by atoms with Crippen molar-refractivity contribution in [2.45, 2.75) is 13.5 Å². The molecule has 0 atom stereocenters. The van der Waals surface area contributed by atoms with Gasteiger partial charge in [0.15, 0.2) is 0 Å². The first-order valence-electron chi connectivity index (χ1n) is 4.68. The van der Waals surface area contributed by atoms with Gasteiger partial charge in [0.1, 0.15) is 24.3 Å². The van der Waals surface area contributed by atoms with Crippen LogP contribution in [0.1, 0.15) is 21.9 Å². The van der Waals surface area contributed by atoms with Crippen LogP contribution in [0.15, 0.2) is 12.5 Å². The first kappa shape index (κ1) is 10.3. The van der Waals surface area contributed by atoms with E-state index in [1.165, 1.54) is 12.5 Å². The predicted molar refractivity (Wildman–Crippen MR) is 54.0 cm³/mol. The lowest BCUT2D eigenvalue weighted by molar-refractivity contribution is 0.0696. The van der Waals surface area contributed by atoms with E-state index < -0.39 is 5.97 Å². The predicted octanol–water partition coefficient (Wildman–Crippen LogP) is 0.0665. The lowest BCUT2D eigenvalue weighted by Gasteiger charge is -2.03. The SMILES string of the molecule is Cc1c(C(=O)O)cnn1Cc1ncnn1C. The minimum absolute atomic E-state index is 0.210. The number of carbonyl (C=O) groups is 1. The Hall–Kier alpha value is -2.18. The molecule has 84 valence electrons. The van der Waals surface area contributed by atoms with Crippen molar-refractivity contribution in [3.8, 4) is 0 Å². The molecule has 0 saturated heterocycles. The van der Waals surface area contributed by atoms with Crippen molar-refractivity contribution < 1.29 is 9.90 Å². The van der Waals surface area contributed by atoms with E-state index in [0.29, 0.717) is 12.2 Å². The highest BCUT2D eigenvalue weighted by Gasteiger charge is 2.13. The van der Waals surface area contributed by atoms with E-state index in [0.717, 1.165) is 5.82 Å². The molecule has 0 unspecified atom stereocenters. The fraction of sp³-hybridized carbons (Fsp3) is 0.333. The third-order valence-corrected chi connectivity index (χ3v) is 2.43. The standard InChI is InChI=1S/C9H11N5O2/c1-6-7(9(15)16)3-11-14(6)4-8-10-5-12-13(8)2/h3,5H,4H2,1-2H3,(H,15,16). The van der Waals surface area contributed by atoms with E-state index in [4.69, 9.17) is 5.11 Å². The molecule has 2 aromatic heterocycles.